The first kappa shape index (κ1) is 21.1. The number of nitrogen functional groups attached to an aromatic ring is 1. The van der Waals surface area contributed by atoms with E-state index < -0.39 is 0 Å². The molecule has 5 rings (SSSR count). The first-order valence-electron chi connectivity index (χ1n) is 11.1. The van der Waals surface area contributed by atoms with Gasteiger partial charge in [-0.1, -0.05) is 12.1 Å². The molecule has 1 aromatic carbocycles. The Morgan fingerprint density at radius 3 is 2.78 bits per heavy atom. The van der Waals surface area contributed by atoms with Crippen molar-refractivity contribution in [1.29, 1.82) is 0 Å². The molecule has 3 N–H and O–H groups in total. The van der Waals surface area contributed by atoms with Crippen LogP contribution in [0.4, 0.5) is 5.82 Å². The second-order valence-electron chi connectivity index (χ2n) is 8.45. The first-order chi connectivity index (χ1) is 15.6. The fourth-order valence-electron chi connectivity index (χ4n) is 4.45. The number of carbonyl (C=O) groups is 1. The van der Waals surface area contributed by atoms with E-state index in [0.29, 0.717) is 28.4 Å². The van der Waals surface area contributed by atoms with Crippen LogP contribution in [0.5, 0.6) is 0 Å². The Bertz CT molecular complexity index is 1190. The lowest BCUT2D eigenvalue weighted by molar-refractivity contribution is 0.0698. The van der Waals surface area contributed by atoms with Crippen LogP contribution >= 0.6 is 11.3 Å². The van der Waals surface area contributed by atoms with Crippen molar-refractivity contribution in [3.63, 3.8) is 0 Å². The molecule has 4 heterocycles. The van der Waals surface area contributed by atoms with Gasteiger partial charge in [-0.15, -0.1) is 11.3 Å². The molecule has 8 nitrogen and oxygen atoms in total. The molecule has 2 aromatic heterocycles. The van der Waals surface area contributed by atoms with Crippen molar-refractivity contribution < 1.29 is 9.53 Å². The number of thiophene rings is 1. The number of anilines is 1. The van der Waals surface area contributed by atoms with Crippen LogP contribution in [0, 0.1) is 0 Å². The summed E-state index contributed by atoms with van der Waals surface area (Å²) in [6.07, 6.45) is 4.06. The lowest BCUT2D eigenvalue weighted by Gasteiger charge is -2.22. The van der Waals surface area contributed by atoms with E-state index >= 15 is 0 Å². The van der Waals surface area contributed by atoms with Crippen LogP contribution in [-0.4, -0.2) is 52.7 Å². The fraction of sp³-hybridized carbons (Fsp3) is 0.435. The predicted molar refractivity (Wildman–Crippen MR) is 125 cm³/mol. The summed E-state index contributed by atoms with van der Waals surface area (Å²) in [6.45, 7) is 4.37. The number of fused-ring (bicyclic) bond motifs is 1. The van der Waals surface area contributed by atoms with Gasteiger partial charge in [-0.25, -0.2) is 4.98 Å². The smallest absolute Gasteiger partial charge is 0.298 e. The molecule has 2 fully saturated rings. The number of aromatic nitrogens is 2. The van der Waals surface area contributed by atoms with Crippen LogP contribution < -0.4 is 16.6 Å². The van der Waals surface area contributed by atoms with Crippen molar-refractivity contribution in [2.45, 2.75) is 38.3 Å². The van der Waals surface area contributed by atoms with Gasteiger partial charge in [0.15, 0.2) is 5.82 Å². The summed E-state index contributed by atoms with van der Waals surface area (Å²) < 4.78 is 6.94. The third-order valence-electron chi connectivity index (χ3n) is 6.13. The quantitative estimate of drug-likeness (QED) is 0.616. The minimum Gasteiger partial charge on any atom is -0.381 e. The van der Waals surface area contributed by atoms with E-state index in [1.165, 1.54) is 24.2 Å². The van der Waals surface area contributed by atoms with Crippen LogP contribution in [0.15, 0.2) is 35.1 Å². The van der Waals surface area contributed by atoms with E-state index in [1.807, 2.05) is 18.2 Å². The van der Waals surface area contributed by atoms with Crippen molar-refractivity contribution in [3.05, 3.63) is 51.1 Å². The summed E-state index contributed by atoms with van der Waals surface area (Å²) in [4.78, 5) is 33.6. The first-order valence-corrected chi connectivity index (χ1v) is 11.9. The molecule has 0 spiro atoms. The zero-order valence-electron chi connectivity index (χ0n) is 17.9. The summed E-state index contributed by atoms with van der Waals surface area (Å²) in [5, 5.41) is 3.07. The Labute approximate surface area is 190 Å². The molecule has 32 heavy (non-hydrogen) atoms. The maximum absolute atomic E-state index is 13.0. The highest BCUT2D eigenvalue weighted by Crippen LogP contribution is 2.27. The average Bonchev–Trinajstić information content (AvgIpc) is 3.45. The number of likely N-dealkylation sites (tertiary alicyclic amines) is 1. The van der Waals surface area contributed by atoms with E-state index in [-0.39, 0.29) is 23.3 Å². The number of hydrogen-bond acceptors (Lipinski definition) is 7. The van der Waals surface area contributed by atoms with Crippen LogP contribution in [0.2, 0.25) is 0 Å². The van der Waals surface area contributed by atoms with Crippen molar-refractivity contribution in [1.82, 2.24) is 19.8 Å². The zero-order valence-corrected chi connectivity index (χ0v) is 18.7. The molecule has 1 amide bonds. The highest BCUT2D eigenvalue weighted by atomic mass is 32.1. The number of nitrogens with zero attached hydrogens (tertiary/aromatic N) is 3. The number of carbonyl (C=O) groups excluding carboxylic acids is 1. The van der Waals surface area contributed by atoms with Gasteiger partial charge < -0.3 is 15.8 Å². The van der Waals surface area contributed by atoms with Crippen LogP contribution in [0.25, 0.3) is 16.0 Å². The molecule has 2 aliphatic rings. The maximum atomic E-state index is 13.0. The van der Waals surface area contributed by atoms with Crippen LogP contribution in [-0.2, 0) is 11.3 Å². The molecule has 9 heteroatoms. The Morgan fingerprint density at radius 2 is 2.00 bits per heavy atom. The summed E-state index contributed by atoms with van der Waals surface area (Å²) >= 11 is 1.25. The molecular weight excluding hydrogens is 426 g/mol. The van der Waals surface area contributed by atoms with Gasteiger partial charge in [-0.2, -0.15) is 0 Å². The van der Waals surface area contributed by atoms with Crippen LogP contribution in [0.3, 0.4) is 0 Å². The number of ether oxygens (including phenoxy) is 1. The Hall–Kier alpha value is -2.75. The molecule has 0 unspecified atom stereocenters. The monoisotopic (exact) mass is 453 g/mol. The maximum Gasteiger partial charge on any atom is 0.298 e. The minimum absolute atomic E-state index is 0.0688. The standard InChI is InChI=1S/C23H27N5O3S/c24-20-23(30)28(17-5-3-4-15(12-17)14-27-8-1-2-9-27)18-13-19(32-22(18)26-20)21(29)25-16-6-10-31-11-7-16/h3-5,12-13,16H,1-2,6-11,14H2,(H2,24,26)(H,25,29). The van der Waals surface area contributed by atoms with Gasteiger partial charge in [0.2, 0.25) is 0 Å². The average molecular weight is 454 g/mol. The molecule has 0 bridgehead atoms. The Balaban J connectivity index is 1.49. The highest BCUT2D eigenvalue weighted by Gasteiger charge is 2.21. The summed E-state index contributed by atoms with van der Waals surface area (Å²) in [6, 6.07) is 9.81. The Morgan fingerprint density at radius 1 is 1.22 bits per heavy atom. The molecule has 0 atom stereocenters. The van der Waals surface area contributed by atoms with Gasteiger partial charge in [0.05, 0.1) is 10.4 Å². The largest absolute Gasteiger partial charge is 0.381 e. The lowest BCUT2D eigenvalue weighted by Crippen LogP contribution is -2.38. The van der Waals surface area contributed by atoms with Gasteiger partial charge in [0.1, 0.15) is 4.83 Å². The van der Waals surface area contributed by atoms with Crippen molar-refractivity contribution >= 4 is 33.4 Å². The third kappa shape index (κ3) is 4.28. The molecule has 2 saturated heterocycles. The van der Waals surface area contributed by atoms with Gasteiger partial charge in [0, 0.05) is 31.5 Å². The van der Waals surface area contributed by atoms with Gasteiger partial charge in [-0.05, 0) is 62.5 Å². The number of nitrogens with two attached hydrogens (primary N) is 1. The van der Waals surface area contributed by atoms with E-state index in [1.54, 1.807) is 10.6 Å². The van der Waals surface area contributed by atoms with E-state index in [4.69, 9.17) is 10.5 Å². The van der Waals surface area contributed by atoms with Gasteiger partial charge >= 0.3 is 0 Å². The number of hydrogen-bond donors (Lipinski definition) is 2. The molecule has 168 valence electrons. The number of nitrogens with one attached hydrogen (secondary N) is 1. The lowest BCUT2D eigenvalue weighted by atomic mass is 10.1. The van der Waals surface area contributed by atoms with Crippen molar-refractivity contribution in [3.8, 4) is 5.69 Å². The Kier molecular flexibility index (Phi) is 5.95. The molecule has 0 radical (unpaired) electrons. The molecule has 0 saturated carbocycles. The molecule has 3 aromatic rings. The number of amides is 1. The normalized spacial score (nSPS) is 17.8. The minimum atomic E-state index is -0.370. The predicted octanol–water partition coefficient (Wildman–Crippen LogP) is 2.53. The number of rotatable bonds is 5. The second kappa shape index (κ2) is 9.01. The molecular formula is C23H27N5O3S. The zero-order chi connectivity index (χ0) is 22.1. The van der Waals surface area contributed by atoms with E-state index in [0.717, 1.165) is 43.7 Å². The number of benzene rings is 1. The van der Waals surface area contributed by atoms with Gasteiger partial charge in [-0.3, -0.25) is 19.1 Å². The second-order valence-corrected chi connectivity index (χ2v) is 9.48. The highest BCUT2D eigenvalue weighted by molar-refractivity contribution is 7.20. The molecule has 2 aliphatic heterocycles. The van der Waals surface area contributed by atoms with E-state index in [2.05, 4.69) is 21.3 Å². The fourth-order valence-corrected chi connectivity index (χ4v) is 5.38. The molecule has 0 aliphatic carbocycles. The van der Waals surface area contributed by atoms with Crippen molar-refractivity contribution in [2.75, 3.05) is 32.0 Å². The van der Waals surface area contributed by atoms with Crippen LogP contribution in [0.1, 0.15) is 40.9 Å². The van der Waals surface area contributed by atoms with E-state index in [9.17, 15) is 9.59 Å². The SMILES string of the molecule is Nc1nc2sc(C(=O)NC3CCOCC3)cc2n(-c2cccc(CN3CCCC3)c2)c1=O. The van der Waals surface area contributed by atoms with Crippen molar-refractivity contribution in [2.24, 2.45) is 0 Å². The van der Waals surface area contributed by atoms with Gasteiger partial charge in [0.25, 0.3) is 11.5 Å². The summed E-state index contributed by atoms with van der Waals surface area (Å²) in [5.74, 6) is -0.221. The summed E-state index contributed by atoms with van der Waals surface area (Å²) in [7, 11) is 0. The topological polar surface area (TPSA) is 102 Å². The third-order valence-corrected chi connectivity index (χ3v) is 7.15. The summed E-state index contributed by atoms with van der Waals surface area (Å²) in [5.41, 5.74) is 8.08.